The quantitative estimate of drug-likeness (QED) is 0.495. The molecular formula is C8H16P2. The van der Waals surface area contributed by atoms with Gasteiger partial charge in [-0.3, -0.25) is 0 Å². The summed E-state index contributed by atoms with van der Waals surface area (Å²) in [4.78, 5) is 0. The molecule has 0 aromatic rings. The van der Waals surface area contributed by atoms with Crippen molar-refractivity contribution in [2.75, 3.05) is 18.5 Å². The van der Waals surface area contributed by atoms with Crippen LogP contribution in [0.3, 0.4) is 0 Å². The maximum Gasteiger partial charge on any atom is -0.00335 e. The third-order valence-corrected chi connectivity index (χ3v) is 8.58. The van der Waals surface area contributed by atoms with Crippen LogP contribution in [0.15, 0.2) is 0 Å². The average Bonchev–Trinajstić information content (AvgIpc) is 2.05. The van der Waals surface area contributed by atoms with E-state index in [1.165, 1.54) is 14.0 Å². The predicted molar refractivity (Wildman–Crippen MR) is 52.1 cm³/mol. The van der Waals surface area contributed by atoms with E-state index in [-0.39, 0.29) is 0 Å². The van der Waals surface area contributed by atoms with Crippen LogP contribution in [-0.4, -0.2) is 23.9 Å². The summed E-state index contributed by atoms with van der Waals surface area (Å²) in [6, 6.07) is 0. The van der Waals surface area contributed by atoms with Crippen molar-refractivity contribution in [3.63, 3.8) is 0 Å². The number of hydrogen-bond acceptors (Lipinski definition) is 0. The lowest BCUT2D eigenvalue weighted by Gasteiger charge is -2.35. The molecule has 2 aliphatic heterocycles. The van der Waals surface area contributed by atoms with Gasteiger partial charge in [0.05, 0.1) is 0 Å². The van der Waals surface area contributed by atoms with Crippen LogP contribution in [0.4, 0.5) is 0 Å². The molecule has 0 radical (unpaired) electrons. The summed E-state index contributed by atoms with van der Waals surface area (Å²) in [5.74, 6) is 0. The molecule has 3 atom stereocenters. The first kappa shape index (κ1) is 7.51. The van der Waals surface area contributed by atoms with Crippen LogP contribution in [0.5, 0.6) is 0 Å². The number of fused-ring (bicyclic) bond motifs is 1. The van der Waals surface area contributed by atoms with Crippen molar-refractivity contribution in [2.45, 2.75) is 31.1 Å². The highest BCUT2D eigenvalue weighted by Crippen LogP contribution is 2.58. The Hall–Kier alpha value is 0.860. The minimum atomic E-state index is 0.566. The fourth-order valence-electron chi connectivity index (χ4n) is 2.04. The molecule has 2 fully saturated rings. The summed E-state index contributed by atoms with van der Waals surface area (Å²) in [5.41, 5.74) is 0. The minimum absolute atomic E-state index is 0.566. The topological polar surface area (TPSA) is 0 Å². The van der Waals surface area contributed by atoms with Gasteiger partial charge in [-0.1, -0.05) is 14.3 Å². The first-order valence-electron chi connectivity index (χ1n) is 4.44. The van der Waals surface area contributed by atoms with E-state index in [2.05, 4.69) is 0 Å². The van der Waals surface area contributed by atoms with E-state index in [9.17, 15) is 0 Å². The fourth-order valence-corrected chi connectivity index (χ4v) is 8.24. The lowest BCUT2D eigenvalue weighted by atomic mass is 10.3. The highest BCUT2D eigenvalue weighted by molar-refractivity contribution is 7.69. The second-order valence-electron chi connectivity index (χ2n) is 3.36. The molecule has 2 aliphatic rings. The second-order valence-corrected chi connectivity index (χ2v) is 8.14. The molecule has 0 spiro atoms. The molecule has 0 saturated carbocycles. The van der Waals surface area contributed by atoms with E-state index >= 15 is 0 Å². The largest absolute Gasteiger partial charge is 0.114 e. The summed E-state index contributed by atoms with van der Waals surface area (Å²) in [6.45, 7) is 0. The highest BCUT2D eigenvalue weighted by Gasteiger charge is 2.26. The van der Waals surface area contributed by atoms with Crippen molar-refractivity contribution in [3.8, 4) is 0 Å². The Morgan fingerprint density at radius 1 is 1.10 bits per heavy atom. The molecule has 0 aromatic carbocycles. The Bertz CT molecular complexity index is 87.8. The zero-order valence-corrected chi connectivity index (χ0v) is 8.37. The van der Waals surface area contributed by atoms with E-state index < -0.39 is 0 Å². The van der Waals surface area contributed by atoms with Crippen molar-refractivity contribution in [2.24, 2.45) is 0 Å². The van der Waals surface area contributed by atoms with Gasteiger partial charge in [0.2, 0.25) is 0 Å². The van der Waals surface area contributed by atoms with E-state index in [0.29, 0.717) is 7.92 Å². The van der Waals surface area contributed by atoms with Crippen LogP contribution in [0.1, 0.15) is 25.7 Å². The Morgan fingerprint density at radius 3 is 2.90 bits per heavy atom. The van der Waals surface area contributed by atoms with Gasteiger partial charge in [-0.05, 0) is 43.1 Å². The van der Waals surface area contributed by atoms with Crippen LogP contribution < -0.4 is 0 Å². The smallest absolute Gasteiger partial charge is 0.00335 e. The van der Waals surface area contributed by atoms with Crippen LogP contribution in [0, 0.1) is 0 Å². The number of rotatable bonds is 0. The monoisotopic (exact) mass is 174 g/mol. The van der Waals surface area contributed by atoms with Gasteiger partial charge in [-0.2, -0.15) is 0 Å². The Morgan fingerprint density at radius 2 is 2.00 bits per heavy atom. The Kier molecular flexibility index (Phi) is 2.63. The Labute approximate surface area is 66.7 Å². The first-order chi connectivity index (χ1) is 4.97. The molecule has 2 saturated heterocycles. The van der Waals surface area contributed by atoms with Gasteiger partial charge in [0.25, 0.3) is 0 Å². The van der Waals surface area contributed by atoms with E-state index in [1.54, 1.807) is 44.2 Å². The van der Waals surface area contributed by atoms with Crippen LogP contribution in [0.2, 0.25) is 0 Å². The van der Waals surface area contributed by atoms with Gasteiger partial charge < -0.3 is 0 Å². The summed E-state index contributed by atoms with van der Waals surface area (Å²) >= 11 is 0. The highest BCUT2D eigenvalue weighted by atomic mass is 31.2. The summed E-state index contributed by atoms with van der Waals surface area (Å²) in [6.07, 6.45) is 11.1. The minimum Gasteiger partial charge on any atom is -0.114 e. The first-order valence-corrected chi connectivity index (χ1v) is 7.51. The molecule has 0 N–H and O–H groups in total. The third-order valence-electron chi connectivity index (χ3n) is 2.62. The van der Waals surface area contributed by atoms with Crippen LogP contribution in [-0.2, 0) is 0 Å². The summed E-state index contributed by atoms with van der Waals surface area (Å²) in [7, 11) is 1.93. The average molecular weight is 174 g/mol. The van der Waals surface area contributed by atoms with Gasteiger partial charge >= 0.3 is 0 Å². The van der Waals surface area contributed by atoms with Crippen molar-refractivity contribution < 1.29 is 0 Å². The van der Waals surface area contributed by atoms with Crippen LogP contribution in [0.25, 0.3) is 0 Å². The second kappa shape index (κ2) is 3.51. The molecule has 0 bridgehead atoms. The normalized spacial score (nSPS) is 43.2. The fraction of sp³-hybridized carbons (Fsp3) is 1.00. The SMILES string of the molecule is C1CCP2CCCPC2C1. The molecule has 0 amide bonds. The zero-order chi connectivity index (χ0) is 6.81. The van der Waals surface area contributed by atoms with Gasteiger partial charge in [-0.25, -0.2) is 0 Å². The number of hydrogen-bond donors (Lipinski definition) is 0. The molecule has 2 rings (SSSR count). The molecule has 3 unspecified atom stereocenters. The molecule has 58 valence electrons. The molecule has 0 aromatic heterocycles. The maximum absolute atomic E-state index is 1.63. The van der Waals surface area contributed by atoms with E-state index in [1.807, 2.05) is 0 Å². The van der Waals surface area contributed by atoms with Gasteiger partial charge in [0.15, 0.2) is 0 Å². The summed E-state index contributed by atoms with van der Waals surface area (Å²) < 4.78 is 0. The van der Waals surface area contributed by atoms with Gasteiger partial charge in [-0.15, -0.1) is 8.58 Å². The lowest BCUT2D eigenvalue weighted by Crippen LogP contribution is -2.15. The van der Waals surface area contributed by atoms with Gasteiger partial charge in [0.1, 0.15) is 0 Å². The van der Waals surface area contributed by atoms with Gasteiger partial charge in [0, 0.05) is 0 Å². The third kappa shape index (κ3) is 1.54. The van der Waals surface area contributed by atoms with Crippen molar-refractivity contribution >= 4 is 16.5 Å². The molecule has 0 nitrogen and oxygen atoms in total. The molecular weight excluding hydrogens is 158 g/mol. The van der Waals surface area contributed by atoms with E-state index in [4.69, 9.17) is 0 Å². The van der Waals surface area contributed by atoms with Crippen LogP contribution >= 0.6 is 16.5 Å². The Balaban J connectivity index is 1.93. The van der Waals surface area contributed by atoms with Crippen molar-refractivity contribution in [3.05, 3.63) is 0 Å². The zero-order valence-electron chi connectivity index (χ0n) is 6.47. The molecule has 2 heterocycles. The molecule has 2 heteroatoms. The molecule has 10 heavy (non-hydrogen) atoms. The standard InChI is InChI=1S/C8H16P2/c1-2-6-10-7-3-5-9-8(10)4-1/h8-9H,1-7H2. The van der Waals surface area contributed by atoms with E-state index in [0.717, 1.165) is 0 Å². The lowest BCUT2D eigenvalue weighted by molar-refractivity contribution is 0.724. The van der Waals surface area contributed by atoms with Crippen molar-refractivity contribution in [1.82, 2.24) is 0 Å². The maximum atomic E-state index is 1.63. The predicted octanol–water partition coefficient (Wildman–Crippen LogP) is 3.06. The molecule has 0 aliphatic carbocycles. The summed E-state index contributed by atoms with van der Waals surface area (Å²) in [5, 5.41) is 1.25. The van der Waals surface area contributed by atoms with Crippen molar-refractivity contribution in [1.29, 1.82) is 0 Å².